The number of aliphatic imine (C=N–C) groups is 1. The highest BCUT2D eigenvalue weighted by Crippen LogP contribution is 2.26. The topological polar surface area (TPSA) is 264 Å². The number of likely N-dealkylation sites (tertiary alicyclic amines) is 2. The van der Waals surface area contributed by atoms with Crippen molar-refractivity contribution in [1.82, 2.24) is 20.4 Å². The predicted octanol–water partition coefficient (Wildman–Crippen LogP) is -2.08. The molecular formula is C26H44N8O8. The molecule has 42 heavy (non-hydrogen) atoms. The summed E-state index contributed by atoms with van der Waals surface area (Å²) in [7, 11) is 0. The van der Waals surface area contributed by atoms with E-state index in [-0.39, 0.29) is 30.1 Å². The second kappa shape index (κ2) is 15.9. The number of hydrogen-bond donors (Lipinski definition) is 7. The van der Waals surface area contributed by atoms with Crippen LogP contribution in [0.4, 0.5) is 0 Å². The summed E-state index contributed by atoms with van der Waals surface area (Å²) in [6, 6.07) is -5.31. The van der Waals surface area contributed by atoms with Crippen molar-refractivity contribution >= 4 is 41.5 Å². The molecule has 0 aromatic heterocycles. The van der Waals surface area contributed by atoms with E-state index in [0.717, 1.165) is 0 Å². The number of carbonyl (C=O) groups is 6. The van der Waals surface area contributed by atoms with E-state index in [1.807, 2.05) is 0 Å². The average Bonchev–Trinajstić information content (AvgIpc) is 3.59. The molecule has 16 nitrogen and oxygen atoms in total. The largest absolute Gasteiger partial charge is 0.481 e. The van der Waals surface area contributed by atoms with Crippen LogP contribution in [0.2, 0.25) is 0 Å². The zero-order valence-corrected chi connectivity index (χ0v) is 24.2. The first kappa shape index (κ1) is 34.3. The molecule has 10 N–H and O–H groups in total. The molecule has 2 saturated heterocycles. The van der Waals surface area contributed by atoms with E-state index in [0.29, 0.717) is 58.2 Å². The Morgan fingerprint density at radius 1 is 0.929 bits per heavy atom. The molecule has 0 aromatic carbocycles. The smallest absolute Gasteiger partial charge is 0.326 e. The lowest BCUT2D eigenvalue weighted by atomic mass is 10.0. The van der Waals surface area contributed by atoms with E-state index in [1.54, 1.807) is 13.8 Å². The van der Waals surface area contributed by atoms with Crippen LogP contribution < -0.4 is 27.8 Å². The molecule has 0 aromatic rings. The number of carboxylic acid groups (broad SMARTS) is 2. The number of nitrogens with two attached hydrogens (primary N) is 3. The van der Waals surface area contributed by atoms with Crippen molar-refractivity contribution in [3.05, 3.63) is 0 Å². The van der Waals surface area contributed by atoms with Crippen LogP contribution in [0.25, 0.3) is 0 Å². The monoisotopic (exact) mass is 596 g/mol. The third-order valence-electron chi connectivity index (χ3n) is 7.28. The van der Waals surface area contributed by atoms with Crippen LogP contribution in [0.3, 0.4) is 0 Å². The molecule has 0 aliphatic carbocycles. The minimum absolute atomic E-state index is 0.0527. The molecule has 2 aliphatic heterocycles. The summed E-state index contributed by atoms with van der Waals surface area (Å²) < 4.78 is 0. The molecule has 2 fully saturated rings. The van der Waals surface area contributed by atoms with Gasteiger partial charge in [-0.1, -0.05) is 13.8 Å². The Kier molecular flexibility index (Phi) is 13.0. The van der Waals surface area contributed by atoms with E-state index < -0.39 is 60.4 Å². The van der Waals surface area contributed by atoms with Gasteiger partial charge in [0.1, 0.15) is 24.2 Å². The lowest BCUT2D eigenvalue weighted by Crippen LogP contribution is -2.58. The first-order chi connectivity index (χ1) is 19.7. The van der Waals surface area contributed by atoms with Gasteiger partial charge in [-0.2, -0.15) is 0 Å². The summed E-state index contributed by atoms with van der Waals surface area (Å²) in [5, 5.41) is 23.1. The molecule has 5 atom stereocenters. The quantitative estimate of drug-likeness (QED) is 0.0613. The fraction of sp³-hybridized carbons (Fsp3) is 0.731. The second-order valence-corrected chi connectivity index (χ2v) is 11.1. The van der Waals surface area contributed by atoms with Crippen molar-refractivity contribution in [3.8, 4) is 0 Å². The molecule has 16 heteroatoms. The highest BCUT2D eigenvalue weighted by molar-refractivity contribution is 5.96. The van der Waals surface area contributed by atoms with Crippen LogP contribution in [-0.2, 0) is 28.8 Å². The normalized spacial score (nSPS) is 20.5. The van der Waals surface area contributed by atoms with E-state index in [1.165, 1.54) is 9.80 Å². The SMILES string of the molecule is CC(C)C[C@H](NC(=O)[C@@H]1CCCN1C(=O)[C@@H]1CCCN1C(=O)[C@@H](N)CCCN=C(N)N)C(=O)N[C@@H](CC(=O)O)C(=O)O. The number of guanidine groups is 1. The standard InChI is InChI=1S/C26H44N8O8/c1-14(2)12-16(21(37)32-17(25(41)42)13-20(35)36)31-22(38)18-7-4-10-33(18)24(40)19-8-5-11-34(19)23(39)15(27)6-3-9-30-26(28)29/h14-19H,3-13,27H2,1-2H3,(H,31,38)(H,32,37)(H,35,36)(H,41,42)(H4,28,29,30)/t15-,16-,17-,18-,19-/m0/s1. The molecule has 2 heterocycles. The van der Waals surface area contributed by atoms with Crippen molar-refractivity contribution in [2.45, 2.75) is 95.4 Å². The highest BCUT2D eigenvalue weighted by atomic mass is 16.4. The lowest BCUT2D eigenvalue weighted by molar-refractivity contribution is -0.148. The molecule has 0 unspecified atom stereocenters. The Morgan fingerprint density at radius 2 is 1.55 bits per heavy atom. The molecule has 4 amide bonds. The molecule has 0 spiro atoms. The first-order valence-corrected chi connectivity index (χ1v) is 14.2. The van der Waals surface area contributed by atoms with Crippen LogP contribution in [0.15, 0.2) is 4.99 Å². The van der Waals surface area contributed by atoms with Gasteiger partial charge in [0.05, 0.1) is 12.5 Å². The summed E-state index contributed by atoms with van der Waals surface area (Å²) in [5.74, 6) is -5.20. The maximum Gasteiger partial charge on any atom is 0.326 e. The summed E-state index contributed by atoms with van der Waals surface area (Å²) >= 11 is 0. The zero-order valence-electron chi connectivity index (χ0n) is 24.2. The fourth-order valence-electron chi connectivity index (χ4n) is 5.26. The van der Waals surface area contributed by atoms with Crippen LogP contribution in [0.5, 0.6) is 0 Å². The number of nitrogens with one attached hydrogen (secondary N) is 2. The maximum absolute atomic E-state index is 13.6. The van der Waals surface area contributed by atoms with Gasteiger partial charge in [-0.05, 0) is 50.9 Å². The molecule has 0 saturated carbocycles. The Hall–Kier alpha value is -3.95. The number of amides is 4. The van der Waals surface area contributed by atoms with Crippen molar-refractivity contribution in [1.29, 1.82) is 0 Å². The van der Waals surface area contributed by atoms with E-state index >= 15 is 0 Å². The number of nitrogens with zero attached hydrogens (tertiary/aromatic N) is 3. The molecule has 0 radical (unpaired) electrons. The van der Waals surface area contributed by atoms with Crippen molar-refractivity contribution in [3.63, 3.8) is 0 Å². The third kappa shape index (κ3) is 9.85. The van der Waals surface area contributed by atoms with Crippen LogP contribution in [0.1, 0.15) is 65.2 Å². The molecule has 2 rings (SSSR count). The van der Waals surface area contributed by atoms with Crippen molar-refractivity contribution in [2.75, 3.05) is 19.6 Å². The van der Waals surface area contributed by atoms with E-state index in [4.69, 9.17) is 22.3 Å². The highest BCUT2D eigenvalue weighted by Gasteiger charge is 2.43. The minimum Gasteiger partial charge on any atom is -0.481 e. The van der Waals surface area contributed by atoms with Crippen LogP contribution >= 0.6 is 0 Å². The molecule has 2 aliphatic rings. The van der Waals surface area contributed by atoms with Gasteiger partial charge in [0.25, 0.3) is 0 Å². The van der Waals surface area contributed by atoms with E-state index in [2.05, 4.69) is 15.6 Å². The lowest BCUT2D eigenvalue weighted by Gasteiger charge is -2.32. The average molecular weight is 597 g/mol. The van der Waals surface area contributed by atoms with Gasteiger partial charge in [0, 0.05) is 19.6 Å². The maximum atomic E-state index is 13.6. The fourth-order valence-corrected chi connectivity index (χ4v) is 5.26. The van der Waals surface area contributed by atoms with Crippen molar-refractivity contribution < 1.29 is 39.0 Å². The van der Waals surface area contributed by atoms with Gasteiger partial charge in [0.2, 0.25) is 23.6 Å². The Balaban J connectivity index is 2.09. The summed E-state index contributed by atoms with van der Waals surface area (Å²) in [6.07, 6.45) is 2.05. The Morgan fingerprint density at radius 3 is 2.12 bits per heavy atom. The van der Waals surface area contributed by atoms with Gasteiger partial charge in [-0.3, -0.25) is 29.0 Å². The number of rotatable bonds is 15. The molecule has 0 bridgehead atoms. The van der Waals surface area contributed by atoms with Gasteiger partial charge in [-0.15, -0.1) is 0 Å². The Labute approximate surface area is 244 Å². The number of aliphatic carboxylic acids is 2. The van der Waals surface area contributed by atoms with Gasteiger partial charge in [-0.25, -0.2) is 4.79 Å². The summed E-state index contributed by atoms with van der Waals surface area (Å²) in [4.78, 5) is 82.2. The molecule has 236 valence electrons. The Bertz CT molecular complexity index is 1050. The first-order valence-electron chi connectivity index (χ1n) is 14.2. The second-order valence-electron chi connectivity index (χ2n) is 11.1. The number of hydrogen-bond acceptors (Lipinski definition) is 8. The summed E-state index contributed by atoms with van der Waals surface area (Å²) in [5.41, 5.74) is 16.7. The number of carbonyl (C=O) groups excluding carboxylic acids is 4. The predicted molar refractivity (Wildman–Crippen MR) is 151 cm³/mol. The van der Waals surface area contributed by atoms with Crippen molar-refractivity contribution in [2.24, 2.45) is 28.1 Å². The van der Waals surface area contributed by atoms with Gasteiger partial charge in [0.15, 0.2) is 5.96 Å². The zero-order chi connectivity index (χ0) is 31.6. The van der Waals surface area contributed by atoms with Gasteiger partial charge >= 0.3 is 11.9 Å². The molecular weight excluding hydrogens is 552 g/mol. The summed E-state index contributed by atoms with van der Waals surface area (Å²) in [6.45, 7) is 4.59. The van der Waals surface area contributed by atoms with E-state index in [9.17, 15) is 33.9 Å². The van der Waals surface area contributed by atoms with Crippen LogP contribution in [0, 0.1) is 5.92 Å². The minimum atomic E-state index is -1.67. The number of carboxylic acids is 2. The van der Waals surface area contributed by atoms with Crippen LogP contribution in [-0.4, -0.2) is 111 Å². The third-order valence-corrected chi connectivity index (χ3v) is 7.28. The van der Waals surface area contributed by atoms with Gasteiger partial charge < -0.3 is 47.8 Å².